The molecule has 4 rings (SSSR count). The highest BCUT2D eigenvalue weighted by molar-refractivity contribution is 5.82. The fourth-order valence-corrected chi connectivity index (χ4v) is 5.45. The Kier molecular flexibility index (Phi) is 7.25. The fraction of sp³-hybridized carbons (Fsp3) is 0.444. The fourth-order valence-electron chi connectivity index (χ4n) is 5.45. The predicted molar refractivity (Wildman–Crippen MR) is 129 cm³/mol. The number of benzene rings is 2. The van der Waals surface area contributed by atoms with Crippen molar-refractivity contribution in [3.05, 3.63) is 64.7 Å². The number of aryl methyl sites for hydroxylation is 1. The van der Waals surface area contributed by atoms with Crippen LogP contribution in [0.5, 0.6) is 0 Å². The third-order valence-electron chi connectivity index (χ3n) is 7.50. The second-order valence-electron chi connectivity index (χ2n) is 9.80. The van der Waals surface area contributed by atoms with Gasteiger partial charge in [-0.2, -0.15) is 18.4 Å². The van der Waals surface area contributed by atoms with E-state index in [1.54, 1.807) is 17.0 Å². The van der Waals surface area contributed by atoms with E-state index in [9.17, 15) is 22.8 Å². The van der Waals surface area contributed by atoms with Gasteiger partial charge in [-0.3, -0.25) is 9.59 Å². The van der Waals surface area contributed by atoms with E-state index in [-0.39, 0.29) is 24.2 Å². The van der Waals surface area contributed by atoms with Crippen molar-refractivity contribution in [2.45, 2.75) is 32.4 Å². The van der Waals surface area contributed by atoms with Crippen molar-refractivity contribution in [2.24, 2.45) is 23.5 Å². The summed E-state index contributed by atoms with van der Waals surface area (Å²) in [6.07, 6.45) is -2.99. The number of carbonyl (C=O) groups excluding carboxylic acids is 2. The number of likely N-dealkylation sites (tertiary alicyclic amines) is 1. The summed E-state index contributed by atoms with van der Waals surface area (Å²) in [6.45, 7) is 3.78. The molecule has 0 aromatic heterocycles. The van der Waals surface area contributed by atoms with Gasteiger partial charge in [0.25, 0.3) is 0 Å². The second kappa shape index (κ2) is 10.2. The molecule has 2 amide bonds. The number of nitrogens with two attached hydrogens (primary N) is 1. The van der Waals surface area contributed by atoms with Gasteiger partial charge in [0.15, 0.2) is 0 Å². The van der Waals surface area contributed by atoms with Crippen LogP contribution in [0.15, 0.2) is 42.5 Å². The maximum atomic E-state index is 13.4. The smallest absolute Gasteiger partial charge is 0.372 e. The van der Waals surface area contributed by atoms with E-state index in [2.05, 4.69) is 0 Å². The lowest BCUT2D eigenvalue weighted by atomic mass is 9.78. The first-order valence-corrected chi connectivity index (χ1v) is 12.1. The van der Waals surface area contributed by atoms with Crippen molar-refractivity contribution in [3.8, 4) is 6.07 Å². The Morgan fingerprint density at radius 1 is 1.08 bits per heavy atom. The lowest BCUT2D eigenvalue weighted by Crippen LogP contribution is -2.40. The third kappa shape index (κ3) is 5.48. The first kappa shape index (κ1) is 25.5. The van der Waals surface area contributed by atoms with Gasteiger partial charge in [-0.1, -0.05) is 29.8 Å². The van der Waals surface area contributed by atoms with Crippen molar-refractivity contribution in [1.29, 1.82) is 5.26 Å². The van der Waals surface area contributed by atoms with E-state index < -0.39 is 29.1 Å². The molecular formula is C27H29F3N4O2. The number of primary amides is 1. The Labute approximate surface area is 208 Å². The molecule has 36 heavy (non-hydrogen) atoms. The topological polar surface area (TPSA) is 90.4 Å². The normalized spacial score (nSPS) is 20.9. The Hall–Kier alpha value is -3.54. The minimum Gasteiger partial charge on any atom is -0.372 e. The van der Waals surface area contributed by atoms with Crippen LogP contribution in [0.25, 0.3) is 0 Å². The number of alkyl halides is 3. The first-order valence-electron chi connectivity index (χ1n) is 12.1. The van der Waals surface area contributed by atoms with Gasteiger partial charge in [0.2, 0.25) is 11.8 Å². The maximum absolute atomic E-state index is 13.4. The number of hydrogen-bond acceptors (Lipinski definition) is 4. The number of anilines is 1. The van der Waals surface area contributed by atoms with Crippen molar-refractivity contribution in [1.82, 2.24) is 4.90 Å². The van der Waals surface area contributed by atoms with Crippen LogP contribution in [0, 0.1) is 36.0 Å². The zero-order valence-electron chi connectivity index (χ0n) is 20.1. The summed E-state index contributed by atoms with van der Waals surface area (Å²) >= 11 is 0. The average Bonchev–Trinajstić information content (AvgIpc) is 3.31. The monoisotopic (exact) mass is 498 g/mol. The average molecular weight is 499 g/mol. The van der Waals surface area contributed by atoms with Crippen LogP contribution in [-0.2, 0) is 22.2 Å². The van der Waals surface area contributed by atoms with Crippen molar-refractivity contribution < 1.29 is 22.8 Å². The molecule has 6 nitrogen and oxygen atoms in total. The van der Waals surface area contributed by atoms with E-state index in [1.807, 2.05) is 36.1 Å². The maximum Gasteiger partial charge on any atom is 0.417 e. The number of piperidine rings is 1. The number of halogens is 3. The number of nitriles is 1. The number of hydrogen-bond donors (Lipinski definition) is 1. The van der Waals surface area contributed by atoms with E-state index >= 15 is 0 Å². The van der Waals surface area contributed by atoms with Gasteiger partial charge >= 0.3 is 6.18 Å². The Morgan fingerprint density at radius 3 is 2.33 bits per heavy atom. The van der Waals surface area contributed by atoms with Crippen LogP contribution in [0.2, 0.25) is 0 Å². The van der Waals surface area contributed by atoms with Crippen LogP contribution in [0.4, 0.5) is 18.9 Å². The molecule has 2 aliphatic rings. The summed E-state index contributed by atoms with van der Waals surface area (Å²) in [5, 5.41) is 9.03. The van der Waals surface area contributed by atoms with Crippen LogP contribution in [-0.4, -0.2) is 42.9 Å². The van der Waals surface area contributed by atoms with Crippen LogP contribution in [0.3, 0.4) is 0 Å². The van der Waals surface area contributed by atoms with E-state index in [0.717, 1.165) is 17.2 Å². The summed E-state index contributed by atoms with van der Waals surface area (Å²) in [5.74, 6) is -0.831. The van der Waals surface area contributed by atoms with Crippen LogP contribution >= 0.6 is 0 Å². The Balaban J connectivity index is 1.42. The van der Waals surface area contributed by atoms with Gasteiger partial charge in [0.1, 0.15) is 0 Å². The second-order valence-corrected chi connectivity index (χ2v) is 9.80. The molecule has 2 aromatic rings. The van der Waals surface area contributed by atoms with Gasteiger partial charge in [-0.05, 0) is 55.4 Å². The molecule has 2 saturated heterocycles. The lowest BCUT2D eigenvalue weighted by Gasteiger charge is -2.37. The molecule has 0 bridgehead atoms. The minimum absolute atomic E-state index is 0.0395. The molecule has 2 aliphatic heterocycles. The first-order chi connectivity index (χ1) is 17.1. The number of amides is 2. The summed E-state index contributed by atoms with van der Waals surface area (Å²) in [5.41, 5.74) is 6.83. The molecule has 2 heterocycles. The zero-order valence-corrected chi connectivity index (χ0v) is 20.1. The van der Waals surface area contributed by atoms with Gasteiger partial charge in [-0.25, -0.2) is 0 Å². The Bertz CT molecular complexity index is 1170. The largest absolute Gasteiger partial charge is 0.417 e. The molecule has 2 unspecified atom stereocenters. The van der Waals surface area contributed by atoms with Gasteiger partial charge in [0.05, 0.1) is 29.5 Å². The molecule has 9 heteroatoms. The summed E-state index contributed by atoms with van der Waals surface area (Å²) in [7, 11) is 0. The van der Waals surface area contributed by atoms with E-state index in [0.29, 0.717) is 44.7 Å². The van der Waals surface area contributed by atoms with Gasteiger partial charge in [-0.15, -0.1) is 0 Å². The molecule has 0 radical (unpaired) electrons. The highest BCUT2D eigenvalue weighted by Crippen LogP contribution is 2.39. The molecule has 2 N–H and O–H groups in total. The molecule has 0 spiro atoms. The van der Waals surface area contributed by atoms with Crippen molar-refractivity contribution in [2.75, 3.05) is 31.1 Å². The molecular weight excluding hydrogens is 469 g/mol. The SMILES string of the molecule is Cc1ccc(CC(=O)N2CC(C(N)=O)C(C3CCN(c4ccc(C#N)c(C(F)(F)F)c4)CC3)C2)cc1. The third-order valence-corrected chi connectivity index (χ3v) is 7.50. The van der Waals surface area contributed by atoms with Crippen LogP contribution in [0.1, 0.15) is 35.1 Å². The number of rotatable bonds is 5. The Morgan fingerprint density at radius 2 is 1.75 bits per heavy atom. The molecule has 190 valence electrons. The van der Waals surface area contributed by atoms with Gasteiger partial charge in [0, 0.05) is 31.9 Å². The number of nitrogens with zero attached hydrogens (tertiary/aromatic N) is 3. The summed E-state index contributed by atoms with van der Waals surface area (Å²) in [4.78, 5) is 28.8. The predicted octanol–water partition coefficient (Wildman–Crippen LogP) is 3.90. The molecule has 0 saturated carbocycles. The van der Waals surface area contributed by atoms with Gasteiger partial charge < -0.3 is 15.5 Å². The highest BCUT2D eigenvalue weighted by atomic mass is 19.4. The summed E-state index contributed by atoms with van der Waals surface area (Å²) in [6, 6.07) is 13.2. The van der Waals surface area contributed by atoms with Crippen LogP contribution < -0.4 is 10.6 Å². The molecule has 2 aromatic carbocycles. The lowest BCUT2D eigenvalue weighted by molar-refractivity contribution is -0.137. The van der Waals surface area contributed by atoms with Crippen molar-refractivity contribution in [3.63, 3.8) is 0 Å². The quantitative estimate of drug-likeness (QED) is 0.677. The molecule has 2 atom stereocenters. The molecule has 0 aliphatic carbocycles. The summed E-state index contributed by atoms with van der Waals surface area (Å²) < 4.78 is 40.1. The van der Waals surface area contributed by atoms with Crippen molar-refractivity contribution >= 4 is 17.5 Å². The molecule has 2 fully saturated rings. The highest BCUT2D eigenvalue weighted by Gasteiger charge is 2.43. The zero-order chi connectivity index (χ0) is 26.0. The minimum atomic E-state index is -4.60. The standard InChI is InChI=1S/C27H29F3N4O2/c1-17-2-4-18(5-3-17)12-25(35)34-15-22(23(16-34)26(32)36)19-8-10-33(11-9-19)21-7-6-20(14-31)24(13-21)27(28,29)30/h2-7,13,19,22-23H,8-12,15-16H2,1H3,(H2,32,36). The van der Waals surface area contributed by atoms with E-state index in [4.69, 9.17) is 11.0 Å². The van der Waals surface area contributed by atoms with E-state index in [1.165, 1.54) is 6.07 Å². The number of carbonyl (C=O) groups is 2.